The lowest BCUT2D eigenvalue weighted by atomic mass is 9.99. The van der Waals surface area contributed by atoms with E-state index in [1.54, 1.807) is 7.11 Å². The Morgan fingerprint density at radius 2 is 1.91 bits per heavy atom. The molecule has 0 radical (unpaired) electrons. The smallest absolute Gasteiger partial charge is 0.119 e. The molecule has 0 unspecified atom stereocenters. The highest BCUT2D eigenvalue weighted by molar-refractivity contribution is 6.32. The van der Waals surface area contributed by atoms with Crippen molar-refractivity contribution in [3.8, 4) is 5.75 Å². The second kappa shape index (κ2) is 6.19. The van der Waals surface area contributed by atoms with Crippen molar-refractivity contribution in [2.45, 2.75) is 25.5 Å². The third kappa shape index (κ3) is 2.67. The zero-order valence-electron chi connectivity index (χ0n) is 12.8. The Bertz CT molecular complexity index is 657. The van der Waals surface area contributed by atoms with Crippen molar-refractivity contribution in [3.05, 3.63) is 58.6 Å². The molecule has 22 heavy (non-hydrogen) atoms. The van der Waals surface area contributed by atoms with Crippen LogP contribution in [0.15, 0.2) is 42.5 Å². The van der Waals surface area contributed by atoms with Crippen molar-refractivity contribution >= 4 is 17.3 Å². The summed E-state index contributed by atoms with van der Waals surface area (Å²) in [6.45, 7) is 2.80. The number of nitrogens with zero attached hydrogens (tertiary/aromatic N) is 1. The molecule has 1 saturated heterocycles. The van der Waals surface area contributed by atoms with Crippen LogP contribution in [0.3, 0.4) is 0 Å². The summed E-state index contributed by atoms with van der Waals surface area (Å²) in [4.78, 5) is 2.21. The Kier molecular flexibility index (Phi) is 4.27. The lowest BCUT2D eigenvalue weighted by Crippen LogP contribution is -2.27. The first kappa shape index (κ1) is 15.2. The van der Waals surface area contributed by atoms with Crippen molar-refractivity contribution in [2.24, 2.45) is 0 Å². The molecule has 3 nitrogen and oxygen atoms in total. The van der Waals surface area contributed by atoms with Crippen LogP contribution >= 0.6 is 11.6 Å². The van der Waals surface area contributed by atoms with Gasteiger partial charge in [0.05, 0.1) is 19.3 Å². The van der Waals surface area contributed by atoms with Gasteiger partial charge in [0, 0.05) is 17.3 Å². The molecule has 4 heteroatoms. The van der Waals surface area contributed by atoms with Crippen LogP contribution in [0.25, 0.3) is 0 Å². The Hall–Kier alpha value is -1.71. The molecule has 2 aromatic carbocycles. The lowest BCUT2D eigenvalue weighted by Gasteiger charge is -2.29. The van der Waals surface area contributed by atoms with Crippen LogP contribution in [0.2, 0.25) is 5.02 Å². The van der Waals surface area contributed by atoms with Gasteiger partial charge in [-0.25, -0.2) is 0 Å². The van der Waals surface area contributed by atoms with Crippen LogP contribution in [-0.4, -0.2) is 24.9 Å². The summed E-state index contributed by atoms with van der Waals surface area (Å²) in [6.07, 6.45) is 0.322. The van der Waals surface area contributed by atoms with Gasteiger partial charge in [0.25, 0.3) is 0 Å². The predicted octanol–water partition coefficient (Wildman–Crippen LogP) is 3.97. The lowest BCUT2D eigenvalue weighted by molar-refractivity contribution is 0.165. The van der Waals surface area contributed by atoms with Gasteiger partial charge in [0.15, 0.2) is 0 Å². The Morgan fingerprint density at radius 3 is 2.59 bits per heavy atom. The molecule has 0 aromatic heterocycles. The van der Waals surface area contributed by atoms with Crippen LogP contribution in [0, 0.1) is 6.92 Å². The number of benzene rings is 2. The van der Waals surface area contributed by atoms with Crippen LogP contribution in [0.4, 0.5) is 5.69 Å². The molecule has 0 bridgehead atoms. The number of ether oxygens (including phenoxy) is 1. The normalized spacial score (nSPS) is 21.2. The molecule has 1 aliphatic rings. The number of anilines is 1. The number of hydrogen-bond donors (Lipinski definition) is 1. The number of halogens is 1. The maximum atomic E-state index is 10.5. The zero-order valence-corrected chi connectivity index (χ0v) is 13.5. The van der Waals surface area contributed by atoms with Gasteiger partial charge in [-0.2, -0.15) is 0 Å². The summed E-state index contributed by atoms with van der Waals surface area (Å²) in [7, 11) is 1.66. The van der Waals surface area contributed by atoms with Gasteiger partial charge in [-0.05, 0) is 48.7 Å². The molecule has 0 aliphatic carbocycles. The fraction of sp³-hybridized carbons (Fsp3) is 0.333. The maximum absolute atomic E-state index is 10.5. The first-order valence-electron chi connectivity index (χ1n) is 7.45. The van der Waals surface area contributed by atoms with E-state index in [0.29, 0.717) is 0 Å². The molecule has 1 N–H and O–H groups in total. The summed E-state index contributed by atoms with van der Waals surface area (Å²) < 4.78 is 5.21. The predicted molar refractivity (Wildman–Crippen MR) is 89.9 cm³/mol. The SMILES string of the molecule is COc1ccc(N2CC[C@@H](O)[C@H]2c2cccc(C)c2Cl)cc1. The highest BCUT2D eigenvalue weighted by Crippen LogP contribution is 2.40. The van der Waals surface area contributed by atoms with Crippen molar-refractivity contribution in [1.29, 1.82) is 0 Å². The molecule has 0 amide bonds. The summed E-state index contributed by atoms with van der Waals surface area (Å²) in [5.74, 6) is 0.827. The zero-order chi connectivity index (χ0) is 15.7. The molecule has 1 fully saturated rings. The summed E-state index contributed by atoms with van der Waals surface area (Å²) in [5.41, 5.74) is 3.09. The average Bonchev–Trinajstić information content (AvgIpc) is 2.92. The first-order chi connectivity index (χ1) is 10.6. The van der Waals surface area contributed by atoms with Crippen LogP contribution < -0.4 is 9.64 Å². The summed E-state index contributed by atoms with van der Waals surface area (Å²) >= 11 is 6.48. The number of aliphatic hydroxyl groups excluding tert-OH is 1. The Balaban J connectivity index is 1.98. The van der Waals surface area contributed by atoms with E-state index in [9.17, 15) is 5.11 Å². The Labute approximate surface area is 136 Å². The monoisotopic (exact) mass is 317 g/mol. The average molecular weight is 318 g/mol. The number of aliphatic hydroxyl groups is 1. The molecule has 2 atom stereocenters. The van der Waals surface area contributed by atoms with Crippen LogP contribution in [0.1, 0.15) is 23.6 Å². The standard InChI is InChI=1S/C18H20ClNO2/c1-12-4-3-5-15(17(12)19)18-16(21)10-11-20(18)13-6-8-14(22-2)9-7-13/h3-9,16,18,21H,10-11H2,1-2H3/t16-,18-/m1/s1. The minimum atomic E-state index is -0.415. The molecule has 0 saturated carbocycles. The number of aryl methyl sites for hydroxylation is 1. The molecular formula is C18H20ClNO2. The fourth-order valence-electron chi connectivity index (χ4n) is 3.11. The molecule has 3 rings (SSSR count). The molecule has 116 valence electrons. The van der Waals surface area contributed by atoms with Crippen LogP contribution in [-0.2, 0) is 0 Å². The quantitative estimate of drug-likeness (QED) is 0.929. The molecule has 2 aromatic rings. The first-order valence-corrected chi connectivity index (χ1v) is 7.83. The van der Waals surface area contributed by atoms with E-state index in [2.05, 4.69) is 4.90 Å². The third-order valence-corrected chi connectivity index (χ3v) is 4.83. The number of methoxy groups -OCH3 is 1. The summed E-state index contributed by atoms with van der Waals surface area (Å²) in [5, 5.41) is 11.2. The van der Waals surface area contributed by atoms with Gasteiger partial charge in [-0.3, -0.25) is 0 Å². The topological polar surface area (TPSA) is 32.7 Å². The highest BCUT2D eigenvalue weighted by atomic mass is 35.5. The van der Waals surface area contributed by atoms with E-state index in [-0.39, 0.29) is 6.04 Å². The number of hydrogen-bond acceptors (Lipinski definition) is 3. The Morgan fingerprint density at radius 1 is 1.18 bits per heavy atom. The third-order valence-electron chi connectivity index (χ3n) is 4.31. The van der Waals surface area contributed by atoms with E-state index >= 15 is 0 Å². The van der Waals surface area contributed by atoms with E-state index in [4.69, 9.17) is 16.3 Å². The van der Waals surface area contributed by atoms with Crippen molar-refractivity contribution in [3.63, 3.8) is 0 Å². The van der Waals surface area contributed by atoms with Gasteiger partial charge in [-0.1, -0.05) is 29.8 Å². The minimum absolute atomic E-state index is 0.110. The molecule has 1 aliphatic heterocycles. The summed E-state index contributed by atoms with van der Waals surface area (Å²) in [6, 6.07) is 13.8. The second-order valence-electron chi connectivity index (χ2n) is 5.67. The van der Waals surface area contributed by atoms with Crippen molar-refractivity contribution < 1.29 is 9.84 Å². The van der Waals surface area contributed by atoms with Gasteiger partial charge in [0.2, 0.25) is 0 Å². The highest BCUT2D eigenvalue weighted by Gasteiger charge is 2.35. The molecule has 0 spiro atoms. The van der Waals surface area contributed by atoms with E-state index in [1.807, 2.05) is 49.4 Å². The van der Waals surface area contributed by atoms with Crippen molar-refractivity contribution in [1.82, 2.24) is 0 Å². The van der Waals surface area contributed by atoms with E-state index in [0.717, 1.165) is 40.6 Å². The van der Waals surface area contributed by atoms with Crippen LogP contribution in [0.5, 0.6) is 5.75 Å². The maximum Gasteiger partial charge on any atom is 0.119 e. The largest absolute Gasteiger partial charge is 0.497 e. The number of rotatable bonds is 3. The van der Waals surface area contributed by atoms with E-state index in [1.165, 1.54) is 0 Å². The molecule has 1 heterocycles. The van der Waals surface area contributed by atoms with Gasteiger partial charge in [-0.15, -0.1) is 0 Å². The van der Waals surface area contributed by atoms with Gasteiger partial charge < -0.3 is 14.7 Å². The van der Waals surface area contributed by atoms with Gasteiger partial charge in [0.1, 0.15) is 5.75 Å². The van der Waals surface area contributed by atoms with Gasteiger partial charge >= 0.3 is 0 Å². The fourth-order valence-corrected chi connectivity index (χ4v) is 3.35. The van der Waals surface area contributed by atoms with E-state index < -0.39 is 6.10 Å². The van der Waals surface area contributed by atoms with Crippen molar-refractivity contribution in [2.75, 3.05) is 18.6 Å². The minimum Gasteiger partial charge on any atom is -0.497 e. The molecular weight excluding hydrogens is 298 g/mol. The second-order valence-corrected chi connectivity index (χ2v) is 6.05.